The maximum Gasteiger partial charge on any atom is 0.304 e. The fourth-order valence-corrected chi connectivity index (χ4v) is 4.62. The second-order valence-corrected chi connectivity index (χ2v) is 8.47. The SMILES string of the molecule is CCC(CC)CC1CC(c2onc(C(CC(=O)O)CC(=O)O)c2C2CC2)C1. The van der Waals surface area contributed by atoms with E-state index in [0.29, 0.717) is 17.5 Å². The Morgan fingerprint density at radius 1 is 1.07 bits per heavy atom. The summed E-state index contributed by atoms with van der Waals surface area (Å²) in [6, 6.07) is 0. The van der Waals surface area contributed by atoms with Gasteiger partial charge in [0.25, 0.3) is 0 Å². The Balaban J connectivity index is 1.74. The molecule has 6 heteroatoms. The van der Waals surface area contributed by atoms with Crippen molar-refractivity contribution in [3.63, 3.8) is 0 Å². The highest BCUT2D eigenvalue weighted by atomic mass is 16.5. The first kappa shape index (κ1) is 19.9. The first-order valence-corrected chi connectivity index (χ1v) is 10.4. The first-order valence-electron chi connectivity index (χ1n) is 10.4. The zero-order chi connectivity index (χ0) is 19.6. The fourth-order valence-electron chi connectivity index (χ4n) is 4.62. The molecule has 0 spiro atoms. The monoisotopic (exact) mass is 377 g/mol. The second-order valence-electron chi connectivity index (χ2n) is 8.47. The topological polar surface area (TPSA) is 101 Å². The van der Waals surface area contributed by atoms with Crippen LogP contribution in [0.5, 0.6) is 0 Å². The number of hydrogen-bond donors (Lipinski definition) is 2. The average Bonchev–Trinajstić information content (AvgIpc) is 3.32. The van der Waals surface area contributed by atoms with Gasteiger partial charge in [0, 0.05) is 17.4 Å². The van der Waals surface area contributed by atoms with Gasteiger partial charge in [-0.2, -0.15) is 0 Å². The highest BCUT2D eigenvalue weighted by Gasteiger charge is 2.42. The van der Waals surface area contributed by atoms with Gasteiger partial charge in [-0.3, -0.25) is 9.59 Å². The first-order chi connectivity index (χ1) is 12.9. The number of nitrogens with zero attached hydrogens (tertiary/aromatic N) is 1. The highest BCUT2D eigenvalue weighted by Crippen LogP contribution is 2.53. The van der Waals surface area contributed by atoms with E-state index in [9.17, 15) is 19.8 Å². The van der Waals surface area contributed by atoms with E-state index < -0.39 is 17.9 Å². The summed E-state index contributed by atoms with van der Waals surface area (Å²) in [7, 11) is 0. The number of carbonyl (C=O) groups is 2. The van der Waals surface area contributed by atoms with Gasteiger partial charge < -0.3 is 14.7 Å². The van der Waals surface area contributed by atoms with Crippen molar-refractivity contribution in [2.24, 2.45) is 11.8 Å². The molecule has 1 aromatic rings. The van der Waals surface area contributed by atoms with E-state index in [4.69, 9.17) is 4.52 Å². The lowest BCUT2D eigenvalue weighted by Crippen LogP contribution is -2.24. The van der Waals surface area contributed by atoms with Gasteiger partial charge in [0.1, 0.15) is 5.76 Å². The molecule has 2 N–H and O–H groups in total. The Kier molecular flexibility index (Phi) is 6.22. The molecule has 0 amide bonds. The van der Waals surface area contributed by atoms with E-state index in [2.05, 4.69) is 19.0 Å². The van der Waals surface area contributed by atoms with Crippen molar-refractivity contribution in [2.75, 3.05) is 0 Å². The molecule has 2 aliphatic carbocycles. The molecule has 0 aromatic carbocycles. The minimum Gasteiger partial charge on any atom is -0.481 e. The Hall–Kier alpha value is -1.85. The van der Waals surface area contributed by atoms with Crippen LogP contribution in [0.25, 0.3) is 0 Å². The minimum atomic E-state index is -0.999. The molecule has 150 valence electrons. The molecule has 6 nitrogen and oxygen atoms in total. The molecule has 0 aliphatic heterocycles. The average molecular weight is 377 g/mol. The molecular weight excluding hydrogens is 346 g/mol. The molecule has 0 unspecified atom stereocenters. The summed E-state index contributed by atoms with van der Waals surface area (Å²) in [5, 5.41) is 22.6. The largest absolute Gasteiger partial charge is 0.481 e. The number of rotatable bonds is 11. The van der Waals surface area contributed by atoms with Crippen molar-refractivity contribution < 1.29 is 24.3 Å². The van der Waals surface area contributed by atoms with Crippen molar-refractivity contribution in [3.8, 4) is 0 Å². The summed E-state index contributed by atoms with van der Waals surface area (Å²) in [6.07, 6.45) is 7.59. The van der Waals surface area contributed by atoms with E-state index in [1.807, 2.05) is 0 Å². The molecule has 1 heterocycles. The van der Waals surface area contributed by atoms with E-state index >= 15 is 0 Å². The third kappa shape index (κ3) is 4.71. The number of aliphatic carboxylic acids is 2. The van der Waals surface area contributed by atoms with Gasteiger partial charge in [0.05, 0.1) is 18.5 Å². The van der Waals surface area contributed by atoms with E-state index in [1.54, 1.807) is 0 Å². The zero-order valence-electron chi connectivity index (χ0n) is 16.3. The van der Waals surface area contributed by atoms with Crippen LogP contribution >= 0.6 is 0 Å². The molecule has 2 fully saturated rings. The second kappa shape index (κ2) is 8.44. The van der Waals surface area contributed by atoms with Crippen molar-refractivity contribution in [2.45, 2.75) is 89.4 Å². The van der Waals surface area contributed by atoms with Crippen molar-refractivity contribution >= 4 is 11.9 Å². The quantitative estimate of drug-likeness (QED) is 0.568. The molecular formula is C21H31NO5. The summed E-state index contributed by atoms with van der Waals surface area (Å²) in [4.78, 5) is 22.4. The lowest BCUT2D eigenvalue weighted by Gasteiger charge is -2.36. The minimum absolute atomic E-state index is 0.222. The van der Waals surface area contributed by atoms with Crippen LogP contribution in [0.15, 0.2) is 4.52 Å². The maximum atomic E-state index is 11.2. The number of carboxylic acids is 2. The van der Waals surface area contributed by atoms with E-state index in [-0.39, 0.29) is 12.8 Å². The Bertz CT molecular complexity index is 652. The number of hydrogen-bond acceptors (Lipinski definition) is 4. The van der Waals surface area contributed by atoms with Crippen LogP contribution in [0, 0.1) is 11.8 Å². The van der Waals surface area contributed by atoms with Crippen molar-refractivity contribution in [1.82, 2.24) is 5.16 Å². The van der Waals surface area contributed by atoms with Crippen LogP contribution in [-0.2, 0) is 9.59 Å². The van der Waals surface area contributed by atoms with Crippen LogP contribution in [-0.4, -0.2) is 27.3 Å². The van der Waals surface area contributed by atoms with Gasteiger partial charge in [0.2, 0.25) is 0 Å². The van der Waals surface area contributed by atoms with Gasteiger partial charge >= 0.3 is 11.9 Å². The number of carboxylic acid groups (broad SMARTS) is 2. The summed E-state index contributed by atoms with van der Waals surface area (Å²) < 4.78 is 5.72. The predicted molar refractivity (Wildman–Crippen MR) is 99.9 cm³/mol. The smallest absolute Gasteiger partial charge is 0.304 e. The Morgan fingerprint density at radius 2 is 1.67 bits per heavy atom. The molecule has 2 aliphatic rings. The summed E-state index contributed by atoms with van der Waals surface area (Å²) >= 11 is 0. The third-order valence-corrected chi connectivity index (χ3v) is 6.43. The van der Waals surface area contributed by atoms with Crippen LogP contribution in [0.4, 0.5) is 0 Å². The summed E-state index contributed by atoms with van der Waals surface area (Å²) in [5.74, 6) is 0.542. The van der Waals surface area contributed by atoms with Crippen molar-refractivity contribution in [3.05, 3.63) is 17.0 Å². The normalized spacial score (nSPS) is 22.2. The summed E-state index contributed by atoms with van der Waals surface area (Å²) in [6.45, 7) is 4.51. The molecule has 27 heavy (non-hydrogen) atoms. The predicted octanol–water partition coefficient (Wildman–Crippen LogP) is 4.90. The van der Waals surface area contributed by atoms with E-state index in [0.717, 1.165) is 48.8 Å². The fraction of sp³-hybridized carbons (Fsp3) is 0.762. The molecule has 0 bridgehead atoms. The lowest BCUT2D eigenvalue weighted by atomic mass is 9.68. The van der Waals surface area contributed by atoms with Crippen LogP contribution in [0.1, 0.15) is 106 Å². The zero-order valence-corrected chi connectivity index (χ0v) is 16.3. The van der Waals surface area contributed by atoms with Crippen LogP contribution in [0.2, 0.25) is 0 Å². The lowest BCUT2D eigenvalue weighted by molar-refractivity contribution is -0.139. The molecule has 0 atom stereocenters. The maximum absolute atomic E-state index is 11.2. The molecule has 0 saturated heterocycles. The molecule has 2 saturated carbocycles. The number of aromatic nitrogens is 1. The van der Waals surface area contributed by atoms with Crippen LogP contribution in [0.3, 0.4) is 0 Å². The van der Waals surface area contributed by atoms with Gasteiger partial charge in [-0.15, -0.1) is 0 Å². The Morgan fingerprint density at radius 3 is 2.15 bits per heavy atom. The van der Waals surface area contributed by atoms with Crippen molar-refractivity contribution in [1.29, 1.82) is 0 Å². The highest BCUT2D eigenvalue weighted by molar-refractivity contribution is 5.72. The van der Waals surface area contributed by atoms with Gasteiger partial charge in [0.15, 0.2) is 0 Å². The van der Waals surface area contributed by atoms with Crippen LogP contribution < -0.4 is 0 Å². The van der Waals surface area contributed by atoms with Gasteiger partial charge in [-0.05, 0) is 49.9 Å². The molecule has 0 radical (unpaired) electrons. The summed E-state index contributed by atoms with van der Waals surface area (Å²) in [5.41, 5.74) is 1.62. The third-order valence-electron chi connectivity index (χ3n) is 6.43. The van der Waals surface area contributed by atoms with Gasteiger partial charge in [-0.25, -0.2) is 0 Å². The molecule has 1 aromatic heterocycles. The standard InChI is InChI=1S/C21H31NO5/c1-3-12(4-2)7-13-8-16(9-13)21-19(14-5-6-14)20(22-27-21)15(10-17(23)24)11-18(25)26/h12-16H,3-11H2,1-2H3,(H,23,24)(H,25,26). The molecule has 3 rings (SSSR count). The van der Waals surface area contributed by atoms with E-state index in [1.165, 1.54) is 19.3 Å². The van der Waals surface area contributed by atoms with Gasteiger partial charge in [-0.1, -0.05) is 31.8 Å². The Labute approximate surface area is 160 Å².